The highest BCUT2D eigenvalue weighted by molar-refractivity contribution is 9.10. The second-order valence-electron chi connectivity index (χ2n) is 5.39. The normalized spacial score (nSPS) is 14.4. The predicted molar refractivity (Wildman–Crippen MR) is 93.5 cm³/mol. The summed E-state index contributed by atoms with van der Waals surface area (Å²) in [5, 5.41) is 2.63. The Hall–Kier alpha value is -0.530. The third-order valence-corrected chi connectivity index (χ3v) is 5.35. The summed E-state index contributed by atoms with van der Waals surface area (Å²) in [4.78, 5) is 0. The van der Waals surface area contributed by atoms with Crippen molar-refractivity contribution in [2.75, 3.05) is 0 Å². The largest absolute Gasteiger partial charge is 0.117 e. The lowest BCUT2D eigenvalue weighted by Crippen LogP contribution is -2.08. The number of fused-ring (bicyclic) bond motifs is 1. The smallest absolute Gasteiger partial charge is 0.0619 e. The Balaban J connectivity index is 2.38. The fraction of sp³-hybridized carbons (Fsp3) is 0.444. The van der Waals surface area contributed by atoms with Crippen LogP contribution in [0.1, 0.15) is 50.5 Å². The maximum Gasteiger partial charge on any atom is 0.0619 e. The highest BCUT2D eigenvalue weighted by Crippen LogP contribution is 2.39. The van der Waals surface area contributed by atoms with Crippen molar-refractivity contribution in [1.82, 2.24) is 0 Å². The Morgan fingerprint density at radius 2 is 1.75 bits per heavy atom. The number of hydrogen-bond donors (Lipinski definition) is 0. The van der Waals surface area contributed by atoms with Crippen molar-refractivity contribution in [1.29, 1.82) is 0 Å². The first-order valence-corrected chi connectivity index (χ1v) is 8.73. The van der Waals surface area contributed by atoms with E-state index < -0.39 is 0 Å². The van der Waals surface area contributed by atoms with Gasteiger partial charge in [0.05, 0.1) is 5.38 Å². The molecule has 0 fully saturated rings. The third-order valence-electron chi connectivity index (χ3n) is 4.07. The van der Waals surface area contributed by atoms with Crippen molar-refractivity contribution < 1.29 is 0 Å². The standard InChI is InChI=1S/C18H22BrCl/c1-3-5-8-13(4-2)18(20)16-11-12-17(19)15-10-7-6-9-14(15)16/h6-7,9-13,18H,3-5,8H2,1-2H3. The molecule has 0 saturated carbocycles. The van der Waals surface area contributed by atoms with Gasteiger partial charge < -0.3 is 0 Å². The first-order valence-electron chi connectivity index (χ1n) is 7.50. The Bertz CT molecular complexity index is 564. The Labute approximate surface area is 135 Å². The molecule has 0 aliphatic heterocycles. The highest BCUT2D eigenvalue weighted by Gasteiger charge is 2.21. The molecule has 0 spiro atoms. The molecule has 108 valence electrons. The summed E-state index contributed by atoms with van der Waals surface area (Å²) in [6.07, 6.45) is 4.85. The lowest BCUT2D eigenvalue weighted by atomic mass is 9.89. The molecule has 2 unspecified atom stereocenters. The molecule has 0 heterocycles. The van der Waals surface area contributed by atoms with Crippen LogP contribution in [0.25, 0.3) is 10.8 Å². The minimum Gasteiger partial charge on any atom is -0.117 e. The number of benzene rings is 2. The number of hydrogen-bond acceptors (Lipinski definition) is 0. The van der Waals surface area contributed by atoms with Gasteiger partial charge in [0.15, 0.2) is 0 Å². The molecular weight excluding hydrogens is 332 g/mol. The van der Waals surface area contributed by atoms with Gasteiger partial charge in [-0.3, -0.25) is 0 Å². The van der Waals surface area contributed by atoms with E-state index in [2.05, 4.69) is 66.2 Å². The fourth-order valence-corrected chi connectivity index (χ4v) is 3.78. The van der Waals surface area contributed by atoms with E-state index >= 15 is 0 Å². The SMILES string of the molecule is CCCCC(CC)C(Cl)c1ccc(Br)c2ccccc12. The van der Waals surface area contributed by atoms with E-state index in [0.717, 1.165) is 10.9 Å². The van der Waals surface area contributed by atoms with E-state index in [1.54, 1.807) is 0 Å². The van der Waals surface area contributed by atoms with Crippen LogP contribution >= 0.6 is 27.5 Å². The van der Waals surface area contributed by atoms with Gasteiger partial charge in [0.1, 0.15) is 0 Å². The second kappa shape index (κ2) is 7.47. The molecule has 0 saturated heterocycles. The topological polar surface area (TPSA) is 0 Å². The van der Waals surface area contributed by atoms with Gasteiger partial charge in [0.25, 0.3) is 0 Å². The van der Waals surface area contributed by atoms with Crippen LogP contribution in [0.2, 0.25) is 0 Å². The highest BCUT2D eigenvalue weighted by atomic mass is 79.9. The summed E-state index contributed by atoms with van der Waals surface area (Å²) in [6, 6.07) is 12.8. The minimum absolute atomic E-state index is 0.101. The molecule has 2 atom stereocenters. The van der Waals surface area contributed by atoms with Crippen LogP contribution in [-0.4, -0.2) is 0 Å². The molecule has 0 aliphatic carbocycles. The molecule has 2 aromatic rings. The molecule has 20 heavy (non-hydrogen) atoms. The van der Waals surface area contributed by atoms with Crippen LogP contribution in [-0.2, 0) is 0 Å². The van der Waals surface area contributed by atoms with Gasteiger partial charge in [-0.1, -0.05) is 79.4 Å². The zero-order valence-corrected chi connectivity index (χ0v) is 14.5. The molecule has 0 N–H and O–H groups in total. The van der Waals surface area contributed by atoms with E-state index in [4.69, 9.17) is 11.6 Å². The Morgan fingerprint density at radius 1 is 1.05 bits per heavy atom. The maximum atomic E-state index is 6.82. The van der Waals surface area contributed by atoms with Crippen molar-refractivity contribution in [2.24, 2.45) is 5.92 Å². The third kappa shape index (κ3) is 3.38. The summed E-state index contributed by atoms with van der Waals surface area (Å²) < 4.78 is 1.14. The molecule has 2 rings (SSSR count). The zero-order chi connectivity index (χ0) is 14.5. The van der Waals surface area contributed by atoms with E-state index in [-0.39, 0.29) is 5.38 Å². The summed E-state index contributed by atoms with van der Waals surface area (Å²) in [6.45, 7) is 4.49. The van der Waals surface area contributed by atoms with Crippen LogP contribution in [0.15, 0.2) is 40.9 Å². The summed E-state index contributed by atoms with van der Waals surface area (Å²) in [5.74, 6) is 0.557. The first-order chi connectivity index (χ1) is 9.69. The van der Waals surface area contributed by atoms with Gasteiger partial charge in [0, 0.05) is 4.47 Å². The van der Waals surface area contributed by atoms with Crippen LogP contribution in [0.4, 0.5) is 0 Å². The average Bonchev–Trinajstić information content (AvgIpc) is 2.48. The van der Waals surface area contributed by atoms with Crippen molar-refractivity contribution >= 4 is 38.3 Å². The zero-order valence-electron chi connectivity index (χ0n) is 12.2. The number of unbranched alkanes of at least 4 members (excludes halogenated alkanes) is 1. The molecule has 0 aliphatic rings. The lowest BCUT2D eigenvalue weighted by Gasteiger charge is -2.22. The summed E-state index contributed by atoms with van der Waals surface area (Å²) >= 11 is 10.5. The van der Waals surface area contributed by atoms with E-state index in [0.29, 0.717) is 5.92 Å². The molecule has 0 radical (unpaired) electrons. The van der Waals surface area contributed by atoms with Crippen LogP contribution in [0.3, 0.4) is 0 Å². The van der Waals surface area contributed by atoms with Gasteiger partial charge in [-0.15, -0.1) is 11.6 Å². The van der Waals surface area contributed by atoms with E-state index in [1.165, 1.54) is 35.6 Å². The number of rotatable bonds is 6. The Kier molecular flexibility index (Phi) is 5.92. The van der Waals surface area contributed by atoms with Gasteiger partial charge >= 0.3 is 0 Å². The molecule has 0 nitrogen and oxygen atoms in total. The van der Waals surface area contributed by atoms with Gasteiger partial charge in [-0.2, -0.15) is 0 Å². The van der Waals surface area contributed by atoms with Crippen molar-refractivity contribution in [3.8, 4) is 0 Å². The van der Waals surface area contributed by atoms with E-state index in [1.807, 2.05) is 0 Å². The Morgan fingerprint density at radius 3 is 2.40 bits per heavy atom. The predicted octanol–water partition coefficient (Wildman–Crippen LogP) is 7.10. The van der Waals surface area contributed by atoms with E-state index in [9.17, 15) is 0 Å². The van der Waals surface area contributed by atoms with Crippen molar-refractivity contribution in [3.05, 3.63) is 46.4 Å². The van der Waals surface area contributed by atoms with Crippen LogP contribution in [0, 0.1) is 5.92 Å². The fourth-order valence-electron chi connectivity index (χ4n) is 2.80. The van der Waals surface area contributed by atoms with Gasteiger partial charge in [0.2, 0.25) is 0 Å². The number of halogens is 2. The lowest BCUT2D eigenvalue weighted by molar-refractivity contribution is 0.438. The molecule has 0 aromatic heterocycles. The monoisotopic (exact) mass is 352 g/mol. The second-order valence-corrected chi connectivity index (χ2v) is 6.72. The molecule has 0 amide bonds. The van der Waals surface area contributed by atoms with Crippen LogP contribution in [0.5, 0.6) is 0 Å². The van der Waals surface area contributed by atoms with Crippen molar-refractivity contribution in [3.63, 3.8) is 0 Å². The molecule has 0 bridgehead atoms. The maximum absolute atomic E-state index is 6.82. The molecular formula is C18H22BrCl. The number of alkyl halides is 1. The van der Waals surface area contributed by atoms with Gasteiger partial charge in [-0.25, -0.2) is 0 Å². The summed E-state index contributed by atoms with van der Waals surface area (Å²) in [5.41, 5.74) is 1.27. The summed E-state index contributed by atoms with van der Waals surface area (Å²) in [7, 11) is 0. The molecule has 2 aromatic carbocycles. The average molecular weight is 354 g/mol. The quantitative estimate of drug-likeness (QED) is 0.486. The van der Waals surface area contributed by atoms with Crippen molar-refractivity contribution in [2.45, 2.75) is 44.9 Å². The molecule has 2 heteroatoms. The minimum atomic E-state index is 0.101. The first kappa shape index (κ1) is 15.9. The van der Waals surface area contributed by atoms with Crippen LogP contribution < -0.4 is 0 Å². The van der Waals surface area contributed by atoms with Gasteiger partial charge in [-0.05, 0) is 34.7 Å².